The fourth-order valence-corrected chi connectivity index (χ4v) is 1.82. The number of nitrogen functional groups attached to an aromatic ring is 1. The maximum absolute atomic E-state index is 12.1. The smallest absolute Gasteiger partial charge is 0.257 e. The van der Waals surface area contributed by atoms with Crippen molar-refractivity contribution >= 4 is 29.0 Å². The van der Waals surface area contributed by atoms with Gasteiger partial charge in [-0.3, -0.25) is 4.79 Å². The molecule has 104 valence electrons. The zero-order chi connectivity index (χ0) is 14.7. The van der Waals surface area contributed by atoms with Gasteiger partial charge in [0.1, 0.15) is 11.6 Å². The second-order valence-corrected chi connectivity index (χ2v) is 4.63. The number of halogens is 1. The Labute approximate surface area is 121 Å². The molecule has 1 heterocycles. The van der Waals surface area contributed by atoms with Crippen LogP contribution in [0.2, 0.25) is 5.02 Å². The molecule has 0 fully saturated rings. The summed E-state index contributed by atoms with van der Waals surface area (Å²) in [5.74, 6) is 0.566. The molecular formula is C14H14ClN3O2. The van der Waals surface area contributed by atoms with Crippen LogP contribution in [0.15, 0.2) is 30.5 Å². The number of nitrogens with two attached hydrogens (primary N) is 1. The number of nitrogens with zero attached hydrogens (tertiary/aromatic N) is 1. The SMILES string of the molecule is COc1cc(Cl)c(C)cc1NC(=O)c1ccc(N)nc1. The van der Waals surface area contributed by atoms with E-state index in [-0.39, 0.29) is 5.91 Å². The second-order valence-electron chi connectivity index (χ2n) is 4.23. The zero-order valence-electron chi connectivity index (χ0n) is 11.1. The standard InChI is InChI=1S/C14H14ClN3O2/c1-8-5-11(12(20-2)6-10(8)15)18-14(19)9-3-4-13(16)17-7-9/h3-7H,1-2H3,(H2,16,17)(H,18,19). The monoisotopic (exact) mass is 291 g/mol. The molecule has 5 nitrogen and oxygen atoms in total. The van der Waals surface area contributed by atoms with Gasteiger partial charge < -0.3 is 15.8 Å². The molecule has 0 saturated carbocycles. The molecule has 0 aliphatic carbocycles. The first-order chi connectivity index (χ1) is 9.51. The summed E-state index contributed by atoms with van der Waals surface area (Å²) < 4.78 is 5.20. The molecule has 0 bridgehead atoms. The van der Waals surface area contributed by atoms with Gasteiger partial charge in [0, 0.05) is 17.3 Å². The summed E-state index contributed by atoms with van der Waals surface area (Å²) in [6, 6.07) is 6.59. The molecule has 0 atom stereocenters. The molecule has 20 heavy (non-hydrogen) atoms. The van der Waals surface area contributed by atoms with Crippen LogP contribution < -0.4 is 15.8 Å². The van der Waals surface area contributed by atoms with E-state index >= 15 is 0 Å². The molecule has 6 heteroatoms. The fourth-order valence-electron chi connectivity index (χ4n) is 1.66. The van der Waals surface area contributed by atoms with Crippen LogP contribution in [-0.2, 0) is 0 Å². The molecule has 1 aromatic carbocycles. The van der Waals surface area contributed by atoms with Crippen molar-refractivity contribution in [3.63, 3.8) is 0 Å². The number of amides is 1. The van der Waals surface area contributed by atoms with Crippen molar-refractivity contribution in [1.82, 2.24) is 4.98 Å². The number of hydrogen-bond acceptors (Lipinski definition) is 4. The van der Waals surface area contributed by atoms with E-state index in [9.17, 15) is 4.79 Å². The Hall–Kier alpha value is -2.27. The highest BCUT2D eigenvalue weighted by Gasteiger charge is 2.12. The van der Waals surface area contributed by atoms with Gasteiger partial charge in [-0.2, -0.15) is 0 Å². The summed E-state index contributed by atoms with van der Waals surface area (Å²) in [7, 11) is 1.52. The van der Waals surface area contributed by atoms with Gasteiger partial charge in [-0.15, -0.1) is 0 Å². The lowest BCUT2D eigenvalue weighted by atomic mass is 10.2. The molecule has 2 aromatic rings. The highest BCUT2D eigenvalue weighted by molar-refractivity contribution is 6.31. The Bertz CT molecular complexity index is 642. The molecule has 0 aliphatic heterocycles. The van der Waals surface area contributed by atoms with E-state index in [4.69, 9.17) is 22.1 Å². The van der Waals surface area contributed by atoms with Crippen LogP contribution in [0.4, 0.5) is 11.5 Å². The lowest BCUT2D eigenvalue weighted by Crippen LogP contribution is -2.13. The van der Waals surface area contributed by atoms with Crippen molar-refractivity contribution in [2.75, 3.05) is 18.2 Å². The van der Waals surface area contributed by atoms with Crippen molar-refractivity contribution in [2.45, 2.75) is 6.92 Å². The number of hydrogen-bond donors (Lipinski definition) is 2. The van der Waals surface area contributed by atoms with Gasteiger partial charge >= 0.3 is 0 Å². The van der Waals surface area contributed by atoms with Gasteiger partial charge in [-0.25, -0.2) is 4.98 Å². The van der Waals surface area contributed by atoms with Crippen LogP contribution in [0.25, 0.3) is 0 Å². The number of benzene rings is 1. The van der Waals surface area contributed by atoms with Crippen LogP contribution in [0.5, 0.6) is 5.75 Å². The number of rotatable bonds is 3. The Balaban J connectivity index is 2.27. The largest absolute Gasteiger partial charge is 0.495 e. The van der Waals surface area contributed by atoms with Gasteiger partial charge in [-0.1, -0.05) is 11.6 Å². The topological polar surface area (TPSA) is 77.2 Å². The van der Waals surface area contributed by atoms with Gasteiger partial charge in [0.2, 0.25) is 0 Å². The van der Waals surface area contributed by atoms with Gasteiger partial charge in [0.05, 0.1) is 18.4 Å². The summed E-state index contributed by atoms with van der Waals surface area (Å²) in [5.41, 5.74) is 7.29. The maximum atomic E-state index is 12.1. The number of ether oxygens (including phenoxy) is 1. The summed E-state index contributed by atoms with van der Waals surface area (Å²) in [6.07, 6.45) is 1.42. The number of pyridine rings is 1. The lowest BCUT2D eigenvalue weighted by Gasteiger charge is -2.12. The van der Waals surface area contributed by atoms with Crippen molar-refractivity contribution in [3.05, 3.63) is 46.6 Å². The third-order valence-corrected chi connectivity index (χ3v) is 3.18. The number of anilines is 2. The average molecular weight is 292 g/mol. The summed E-state index contributed by atoms with van der Waals surface area (Å²) in [6.45, 7) is 1.85. The second kappa shape index (κ2) is 5.79. The third kappa shape index (κ3) is 3.00. The maximum Gasteiger partial charge on any atom is 0.257 e. The molecule has 0 saturated heterocycles. The van der Waals surface area contributed by atoms with Crippen LogP contribution >= 0.6 is 11.6 Å². The lowest BCUT2D eigenvalue weighted by molar-refractivity contribution is 0.102. The molecule has 0 radical (unpaired) electrons. The predicted octanol–water partition coefficient (Wildman–Crippen LogP) is 2.89. The van der Waals surface area contributed by atoms with E-state index in [1.165, 1.54) is 13.3 Å². The molecule has 0 spiro atoms. The Morgan fingerprint density at radius 2 is 2.15 bits per heavy atom. The Morgan fingerprint density at radius 3 is 2.75 bits per heavy atom. The minimum atomic E-state index is -0.294. The van der Waals surface area contributed by atoms with Crippen molar-refractivity contribution in [2.24, 2.45) is 0 Å². The van der Waals surface area contributed by atoms with Crippen LogP contribution in [0.3, 0.4) is 0 Å². The number of aromatic nitrogens is 1. The first-order valence-corrected chi connectivity index (χ1v) is 6.26. The molecular weight excluding hydrogens is 278 g/mol. The molecule has 2 rings (SSSR count). The molecule has 0 aliphatic rings. The highest BCUT2D eigenvalue weighted by Crippen LogP contribution is 2.31. The quantitative estimate of drug-likeness (QED) is 0.911. The Kier molecular flexibility index (Phi) is 4.10. The average Bonchev–Trinajstić information content (AvgIpc) is 2.43. The molecule has 1 amide bonds. The fraction of sp³-hybridized carbons (Fsp3) is 0.143. The normalized spacial score (nSPS) is 10.2. The van der Waals surface area contributed by atoms with E-state index in [1.807, 2.05) is 6.92 Å². The van der Waals surface area contributed by atoms with E-state index in [2.05, 4.69) is 10.3 Å². The predicted molar refractivity (Wildman–Crippen MR) is 79.3 cm³/mol. The summed E-state index contributed by atoms with van der Waals surface area (Å²) >= 11 is 6.02. The number of nitrogens with one attached hydrogen (secondary N) is 1. The van der Waals surface area contributed by atoms with Crippen LogP contribution in [0, 0.1) is 6.92 Å². The van der Waals surface area contributed by atoms with Gasteiger partial charge in [0.25, 0.3) is 5.91 Å². The minimum Gasteiger partial charge on any atom is -0.495 e. The zero-order valence-corrected chi connectivity index (χ0v) is 11.9. The number of aryl methyl sites for hydroxylation is 1. The van der Waals surface area contributed by atoms with E-state index in [1.54, 1.807) is 24.3 Å². The van der Waals surface area contributed by atoms with Crippen molar-refractivity contribution in [1.29, 1.82) is 0 Å². The van der Waals surface area contributed by atoms with Crippen LogP contribution in [-0.4, -0.2) is 18.0 Å². The van der Waals surface area contributed by atoms with Gasteiger partial charge in [0.15, 0.2) is 0 Å². The van der Waals surface area contributed by atoms with Crippen molar-refractivity contribution in [3.8, 4) is 5.75 Å². The van der Waals surface area contributed by atoms with Crippen LogP contribution in [0.1, 0.15) is 15.9 Å². The summed E-state index contributed by atoms with van der Waals surface area (Å²) in [4.78, 5) is 16.0. The molecule has 3 N–H and O–H groups in total. The van der Waals surface area contributed by atoms with E-state index in [0.29, 0.717) is 27.8 Å². The number of carbonyl (C=O) groups excluding carboxylic acids is 1. The Morgan fingerprint density at radius 1 is 1.40 bits per heavy atom. The first kappa shape index (κ1) is 14.1. The van der Waals surface area contributed by atoms with E-state index in [0.717, 1.165) is 5.56 Å². The number of methoxy groups -OCH3 is 1. The first-order valence-electron chi connectivity index (χ1n) is 5.88. The van der Waals surface area contributed by atoms with E-state index < -0.39 is 0 Å². The highest BCUT2D eigenvalue weighted by atomic mass is 35.5. The summed E-state index contributed by atoms with van der Waals surface area (Å²) in [5, 5.41) is 3.34. The minimum absolute atomic E-state index is 0.294. The number of carbonyl (C=O) groups is 1. The molecule has 1 aromatic heterocycles. The molecule has 0 unspecified atom stereocenters. The van der Waals surface area contributed by atoms with Crippen molar-refractivity contribution < 1.29 is 9.53 Å². The van der Waals surface area contributed by atoms with Gasteiger partial charge in [-0.05, 0) is 30.7 Å². The third-order valence-electron chi connectivity index (χ3n) is 2.78.